The van der Waals surface area contributed by atoms with Gasteiger partial charge in [-0.1, -0.05) is 6.42 Å². The van der Waals surface area contributed by atoms with E-state index in [4.69, 9.17) is 0 Å². The van der Waals surface area contributed by atoms with Gasteiger partial charge in [-0.15, -0.1) is 0 Å². The molecule has 0 radical (unpaired) electrons. The molecular formula is C10H16N2OS. The third kappa shape index (κ3) is 1.37. The van der Waals surface area contributed by atoms with Gasteiger partial charge in [-0.3, -0.25) is 0 Å². The van der Waals surface area contributed by atoms with Gasteiger partial charge in [0.25, 0.3) is 0 Å². The minimum Gasteiger partial charge on any atom is -0.384 e. The van der Waals surface area contributed by atoms with Crippen molar-refractivity contribution in [2.24, 2.45) is 7.05 Å². The number of nitrogens with zero attached hydrogens (tertiary/aromatic N) is 2. The maximum Gasteiger partial charge on any atom is 0.138 e. The highest BCUT2D eigenvalue weighted by atomic mass is 32.2. The van der Waals surface area contributed by atoms with Crippen LogP contribution in [0.2, 0.25) is 0 Å². The van der Waals surface area contributed by atoms with Crippen LogP contribution in [0.3, 0.4) is 0 Å². The summed E-state index contributed by atoms with van der Waals surface area (Å²) >= 11 is 1.77. The Hall–Kier alpha value is -0.480. The number of aliphatic hydroxyl groups is 1. The predicted octanol–water partition coefficient (Wildman–Crippen LogP) is 1.74. The summed E-state index contributed by atoms with van der Waals surface area (Å²) in [6.07, 6.45) is 8.69. The van der Waals surface area contributed by atoms with Crippen LogP contribution in [-0.4, -0.2) is 25.7 Å². The molecule has 1 heterocycles. The molecule has 0 bridgehead atoms. The Bertz CT molecular complexity index is 314. The highest BCUT2D eigenvalue weighted by molar-refractivity contribution is 8.00. The van der Waals surface area contributed by atoms with Crippen molar-refractivity contribution in [2.75, 3.05) is 6.26 Å². The van der Waals surface area contributed by atoms with E-state index < -0.39 is 6.10 Å². The van der Waals surface area contributed by atoms with Crippen LogP contribution in [0, 0.1) is 0 Å². The van der Waals surface area contributed by atoms with Crippen LogP contribution in [0.25, 0.3) is 0 Å². The third-order valence-electron chi connectivity index (χ3n) is 3.21. The number of aromatic nitrogens is 2. The Morgan fingerprint density at radius 3 is 2.71 bits per heavy atom. The molecule has 1 aliphatic rings. The van der Waals surface area contributed by atoms with Crippen molar-refractivity contribution in [3.63, 3.8) is 0 Å². The number of hydrogen-bond donors (Lipinski definition) is 1. The minimum absolute atomic E-state index is 0.0269. The second-order valence-corrected chi connectivity index (χ2v) is 5.14. The highest BCUT2D eigenvalue weighted by Crippen LogP contribution is 2.50. The van der Waals surface area contributed by atoms with Crippen molar-refractivity contribution in [3.05, 3.63) is 18.2 Å². The Kier molecular flexibility index (Phi) is 2.58. The summed E-state index contributed by atoms with van der Waals surface area (Å²) in [6, 6.07) is 0. The van der Waals surface area contributed by atoms with E-state index >= 15 is 0 Å². The number of aryl methyl sites for hydroxylation is 1. The first-order valence-electron chi connectivity index (χ1n) is 4.90. The average molecular weight is 212 g/mol. The van der Waals surface area contributed by atoms with Crippen LogP contribution in [-0.2, 0) is 7.05 Å². The number of hydrogen-bond acceptors (Lipinski definition) is 3. The van der Waals surface area contributed by atoms with Crippen molar-refractivity contribution in [3.8, 4) is 0 Å². The molecule has 0 amide bonds. The van der Waals surface area contributed by atoms with Crippen LogP contribution in [0.1, 0.15) is 31.2 Å². The van der Waals surface area contributed by atoms with Gasteiger partial charge < -0.3 is 9.67 Å². The lowest BCUT2D eigenvalue weighted by molar-refractivity contribution is 0.0777. The zero-order valence-corrected chi connectivity index (χ0v) is 9.42. The first-order valence-corrected chi connectivity index (χ1v) is 6.12. The molecule has 0 aliphatic heterocycles. The summed E-state index contributed by atoms with van der Waals surface area (Å²) in [5, 5.41) is 10.3. The lowest BCUT2D eigenvalue weighted by Gasteiger charge is -2.43. The maximum absolute atomic E-state index is 10.3. The maximum atomic E-state index is 10.3. The highest BCUT2D eigenvalue weighted by Gasteiger charge is 2.45. The molecule has 2 rings (SSSR count). The zero-order valence-electron chi connectivity index (χ0n) is 8.60. The quantitative estimate of drug-likeness (QED) is 0.829. The SMILES string of the molecule is CSC1(C(O)c2nccn2C)CCC1. The lowest BCUT2D eigenvalue weighted by Crippen LogP contribution is -2.40. The summed E-state index contributed by atoms with van der Waals surface area (Å²) in [4.78, 5) is 4.21. The van der Waals surface area contributed by atoms with Gasteiger partial charge >= 0.3 is 0 Å². The Labute approximate surface area is 88.5 Å². The Balaban J connectivity index is 2.22. The van der Waals surface area contributed by atoms with Crippen molar-refractivity contribution in [2.45, 2.75) is 30.1 Å². The Morgan fingerprint density at radius 1 is 1.64 bits per heavy atom. The molecule has 1 fully saturated rings. The topological polar surface area (TPSA) is 38.1 Å². The summed E-state index contributed by atoms with van der Waals surface area (Å²) in [5.41, 5.74) is 0. The predicted molar refractivity (Wildman–Crippen MR) is 58.3 cm³/mol. The van der Waals surface area contributed by atoms with Crippen molar-refractivity contribution in [1.82, 2.24) is 9.55 Å². The number of rotatable bonds is 3. The van der Waals surface area contributed by atoms with Crippen LogP contribution in [0.4, 0.5) is 0 Å². The zero-order chi connectivity index (χ0) is 10.2. The van der Waals surface area contributed by atoms with Crippen LogP contribution in [0.15, 0.2) is 12.4 Å². The van der Waals surface area contributed by atoms with Crippen LogP contribution in [0.5, 0.6) is 0 Å². The molecule has 0 aromatic carbocycles. The minimum atomic E-state index is -0.425. The molecule has 1 atom stereocenters. The molecule has 1 unspecified atom stereocenters. The summed E-state index contributed by atoms with van der Waals surface area (Å²) in [7, 11) is 1.93. The van der Waals surface area contributed by atoms with Crippen LogP contribution >= 0.6 is 11.8 Å². The summed E-state index contributed by atoms with van der Waals surface area (Å²) < 4.78 is 1.93. The van der Waals surface area contributed by atoms with Gasteiger partial charge in [-0.05, 0) is 19.1 Å². The number of aliphatic hydroxyl groups excluding tert-OH is 1. The molecule has 0 spiro atoms. The van der Waals surface area contributed by atoms with Crippen LogP contribution < -0.4 is 0 Å². The van der Waals surface area contributed by atoms with E-state index in [2.05, 4.69) is 11.2 Å². The molecule has 4 heteroatoms. The monoisotopic (exact) mass is 212 g/mol. The molecular weight excluding hydrogens is 196 g/mol. The van der Waals surface area contributed by atoms with Gasteiger partial charge in [-0.25, -0.2) is 4.98 Å². The molecule has 1 aliphatic carbocycles. The van der Waals surface area contributed by atoms with Crippen molar-refractivity contribution in [1.29, 1.82) is 0 Å². The van der Waals surface area contributed by atoms with E-state index in [1.54, 1.807) is 18.0 Å². The standard InChI is InChI=1S/C10H16N2OS/c1-12-7-6-11-9(12)8(13)10(14-2)4-3-5-10/h6-8,13H,3-5H2,1-2H3. The van der Waals surface area contributed by atoms with E-state index in [1.165, 1.54) is 6.42 Å². The van der Waals surface area contributed by atoms with E-state index in [-0.39, 0.29) is 4.75 Å². The molecule has 14 heavy (non-hydrogen) atoms. The van der Waals surface area contributed by atoms with E-state index in [0.717, 1.165) is 18.7 Å². The molecule has 3 nitrogen and oxygen atoms in total. The number of thioether (sulfide) groups is 1. The second-order valence-electron chi connectivity index (χ2n) is 3.92. The van der Waals surface area contributed by atoms with Gasteiger partial charge in [-0.2, -0.15) is 11.8 Å². The molecule has 1 saturated carbocycles. The third-order valence-corrected chi connectivity index (χ3v) is 4.65. The van der Waals surface area contributed by atoms with Crippen molar-refractivity contribution < 1.29 is 5.11 Å². The average Bonchev–Trinajstić information content (AvgIpc) is 2.50. The van der Waals surface area contributed by atoms with Gasteiger partial charge in [0.2, 0.25) is 0 Å². The largest absolute Gasteiger partial charge is 0.384 e. The summed E-state index contributed by atoms with van der Waals surface area (Å²) in [5.74, 6) is 0.791. The molecule has 0 saturated heterocycles. The van der Waals surface area contributed by atoms with Gasteiger partial charge in [0.1, 0.15) is 11.9 Å². The van der Waals surface area contributed by atoms with Crippen molar-refractivity contribution >= 4 is 11.8 Å². The van der Waals surface area contributed by atoms with Gasteiger partial charge in [0.15, 0.2) is 0 Å². The fourth-order valence-electron chi connectivity index (χ4n) is 1.99. The fourth-order valence-corrected chi connectivity index (χ4v) is 3.02. The van der Waals surface area contributed by atoms with E-state index in [0.29, 0.717) is 0 Å². The first kappa shape index (κ1) is 10.1. The van der Waals surface area contributed by atoms with Gasteiger partial charge in [0, 0.05) is 24.2 Å². The molecule has 1 N–H and O–H groups in total. The normalized spacial score (nSPS) is 21.6. The second kappa shape index (κ2) is 3.59. The molecule has 78 valence electrons. The van der Waals surface area contributed by atoms with E-state index in [9.17, 15) is 5.11 Å². The summed E-state index contributed by atoms with van der Waals surface area (Å²) in [6.45, 7) is 0. The molecule has 1 aromatic heterocycles. The first-order chi connectivity index (χ1) is 6.69. The Morgan fingerprint density at radius 2 is 2.36 bits per heavy atom. The number of imidazole rings is 1. The van der Waals surface area contributed by atoms with E-state index in [1.807, 2.05) is 17.8 Å². The fraction of sp³-hybridized carbons (Fsp3) is 0.700. The van der Waals surface area contributed by atoms with Gasteiger partial charge in [0.05, 0.1) is 0 Å². The smallest absolute Gasteiger partial charge is 0.138 e. The lowest BCUT2D eigenvalue weighted by atomic mass is 9.79. The molecule has 1 aromatic rings.